The molecule has 0 saturated carbocycles. The third-order valence-electron chi connectivity index (χ3n) is 5.80. The predicted octanol–water partition coefficient (Wildman–Crippen LogP) is 5.25. The fraction of sp³-hybridized carbons (Fsp3) is 0.320. The van der Waals surface area contributed by atoms with Crippen molar-refractivity contribution in [3.05, 3.63) is 71.2 Å². The summed E-state index contributed by atoms with van der Waals surface area (Å²) >= 11 is 0. The Morgan fingerprint density at radius 1 is 1.00 bits per heavy atom. The lowest BCUT2D eigenvalue weighted by molar-refractivity contribution is -0.0226. The van der Waals surface area contributed by atoms with E-state index in [1.165, 1.54) is 0 Å². The van der Waals surface area contributed by atoms with Gasteiger partial charge in [0.25, 0.3) is 0 Å². The molecule has 3 aromatic rings. The molecule has 32 heavy (non-hydrogen) atoms. The minimum atomic E-state index is -0.521. The van der Waals surface area contributed by atoms with Crippen LogP contribution in [-0.2, 0) is 0 Å². The largest absolute Gasteiger partial charge is 0.493 e. The van der Waals surface area contributed by atoms with Crippen LogP contribution in [-0.4, -0.2) is 31.5 Å². The summed E-state index contributed by atoms with van der Waals surface area (Å²) in [7, 11) is 3.26. The number of methoxy groups -OCH3 is 2. The first-order chi connectivity index (χ1) is 15.6. The minimum Gasteiger partial charge on any atom is -0.493 e. The first kappa shape index (κ1) is 20.3. The molecule has 5 rings (SSSR count). The van der Waals surface area contributed by atoms with Gasteiger partial charge in [-0.1, -0.05) is 18.2 Å². The van der Waals surface area contributed by atoms with Crippen molar-refractivity contribution in [2.24, 2.45) is 5.10 Å². The highest BCUT2D eigenvalue weighted by Crippen LogP contribution is 2.52. The molecule has 2 aliphatic rings. The summed E-state index contributed by atoms with van der Waals surface area (Å²) in [5.41, 5.74) is 2.75. The van der Waals surface area contributed by atoms with Gasteiger partial charge < -0.3 is 23.4 Å². The van der Waals surface area contributed by atoms with E-state index in [0.717, 1.165) is 39.9 Å². The molecule has 0 saturated heterocycles. The van der Waals surface area contributed by atoms with Crippen molar-refractivity contribution in [1.82, 2.24) is 5.01 Å². The van der Waals surface area contributed by atoms with E-state index in [0.29, 0.717) is 24.5 Å². The van der Waals surface area contributed by atoms with Crippen LogP contribution >= 0.6 is 0 Å². The molecule has 0 aliphatic carbocycles. The van der Waals surface area contributed by atoms with E-state index in [9.17, 15) is 0 Å². The van der Waals surface area contributed by atoms with Gasteiger partial charge in [-0.2, -0.15) is 5.10 Å². The van der Waals surface area contributed by atoms with Crippen LogP contribution in [0.25, 0.3) is 0 Å². The lowest BCUT2D eigenvalue weighted by Crippen LogP contribution is -2.34. The number of hydrogen-bond acceptors (Lipinski definition) is 7. The van der Waals surface area contributed by atoms with Crippen molar-refractivity contribution in [1.29, 1.82) is 0 Å². The average Bonchev–Trinajstić information content (AvgIpc) is 3.45. The number of aryl methyl sites for hydroxylation is 1. The maximum Gasteiger partial charge on any atom is 0.217 e. The van der Waals surface area contributed by atoms with Crippen molar-refractivity contribution in [2.75, 3.05) is 20.8 Å². The van der Waals surface area contributed by atoms with Crippen LogP contribution in [0.3, 0.4) is 0 Å². The highest BCUT2D eigenvalue weighted by atomic mass is 16.5. The van der Waals surface area contributed by atoms with Gasteiger partial charge in [0, 0.05) is 12.0 Å². The Bertz CT molecular complexity index is 1170. The number of rotatable bonds is 6. The van der Waals surface area contributed by atoms with Crippen molar-refractivity contribution in [3.8, 4) is 23.0 Å². The van der Waals surface area contributed by atoms with Crippen molar-refractivity contribution in [2.45, 2.75) is 32.5 Å². The minimum absolute atomic E-state index is 0.0273. The lowest BCUT2D eigenvalue weighted by Gasteiger charge is -2.39. The van der Waals surface area contributed by atoms with E-state index in [4.69, 9.17) is 28.5 Å². The maximum absolute atomic E-state index is 6.57. The molecule has 0 unspecified atom stereocenters. The molecule has 0 amide bonds. The third kappa shape index (κ3) is 3.25. The fourth-order valence-electron chi connectivity index (χ4n) is 4.40. The highest BCUT2D eigenvalue weighted by Gasteiger charge is 2.44. The van der Waals surface area contributed by atoms with Crippen LogP contribution in [0.15, 0.2) is 58.0 Å². The van der Waals surface area contributed by atoms with Crippen LogP contribution in [0, 0.1) is 6.92 Å². The van der Waals surface area contributed by atoms with Crippen LogP contribution < -0.4 is 18.9 Å². The second kappa shape index (κ2) is 8.15. The van der Waals surface area contributed by atoms with Crippen LogP contribution in [0.5, 0.6) is 23.0 Å². The summed E-state index contributed by atoms with van der Waals surface area (Å²) in [6, 6.07) is 15.7. The number of fused-ring (bicyclic) bond motifs is 3. The molecule has 0 bridgehead atoms. The van der Waals surface area contributed by atoms with Gasteiger partial charge in [-0.25, -0.2) is 5.01 Å². The fourth-order valence-corrected chi connectivity index (χ4v) is 4.40. The Kier molecular flexibility index (Phi) is 5.17. The average molecular weight is 434 g/mol. The number of ether oxygens (including phenoxy) is 4. The standard InChI is InChI=1S/C25H26N2O5/c1-5-30-22-11-6-8-16-19-14-18(20-13-12-15(2)31-20)26-27(19)25(32-24(16)22)17-9-7-10-21(28-3)23(17)29-4/h6-13,19,25H,5,14H2,1-4H3/t19-,25+/m1/s1. The van der Waals surface area contributed by atoms with Crippen LogP contribution in [0.2, 0.25) is 0 Å². The molecule has 166 valence electrons. The first-order valence-electron chi connectivity index (χ1n) is 10.7. The van der Waals surface area contributed by atoms with Gasteiger partial charge >= 0.3 is 0 Å². The van der Waals surface area contributed by atoms with Gasteiger partial charge in [-0.15, -0.1) is 0 Å². The number of para-hydroxylation sites is 2. The number of nitrogens with zero attached hydrogens (tertiary/aromatic N) is 2. The van der Waals surface area contributed by atoms with E-state index in [-0.39, 0.29) is 6.04 Å². The summed E-state index contributed by atoms with van der Waals surface area (Å²) < 4.78 is 29.6. The summed E-state index contributed by atoms with van der Waals surface area (Å²) in [4.78, 5) is 0. The molecule has 0 radical (unpaired) electrons. The van der Waals surface area contributed by atoms with E-state index < -0.39 is 6.23 Å². The Morgan fingerprint density at radius 3 is 2.47 bits per heavy atom. The van der Waals surface area contributed by atoms with Crippen LogP contribution in [0.1, 0.15) is 48.3 Å². The second-order valence-electron chi connectivity index (χ2n) is 7.72. The van der Waals surface area contributed by atoms with Gasteiger partial charge in [0.15, 0.2) is 23.0 Å². The van der Waals surface area contributed by atoms with Crippen LogP contribution in [0.4, 0.5) is 0 Å². The van der Waals surface area contributed by atoms with Crippen molar-refractivity contribution >= 4 is 5.71 Å². The summed E-state index contributed by atoms with van der Waals surface area (Å²) in [5, 5.41) is 6.94. The number of hydrogen-bond donors (Lipinski definition) is 0. The highest BCUT2D eigenvalue weighted by molar-refractivity contribution is 5.99. The molecule has 0 N–H and O–H groups in total. The molecule has 0 spiro atoms. The molecule has 2 atom stereocenters. The number of hydrazone groups is 1. The Morgan fingerprint density at radius 2 is 1.78 bits per heavy atom. The van der Waals surface area contributed by atoms with Gasteiger partial charge in [0.2, 0.25) is 6.23 Å². The Balaban J connectivity index is 1.66. The third-order valence-corrected chi connectivity index (χ3v) is 5.80. The van der Waals surface area contributed by atoms with Gasteiger partial charge in [-0.05, 0) is 44.2 Å². The summed E-state index contributed by atoms with van der Waals surface area (Å²) in [6.45, 7) is 4.45. The van der Waals surface area contributed by atoms with Crippen molar-refractivity contribution in [3.63, 3.8) is 0 Å². The molecule has 3 heterocycles. The molecular weight excluding hydrogens is 408 g/mol. The number of furan rings is 1. The molecular formula is C25H26N2O5. The van der Waals surface area contributed by atoms with E-state index in [1.807, 2.05) is 61.3 Å². The summed E-state index contributed by atoms with van der Waals surface area (Å²) in [5.74, 6) is 4.34. The first-order valence-corrected chi connectivity index (χ1v) is 10.7. The lowest BCUT2D eigenvalue weighted by atomic mass is 9.97. The van der Waals surface area contributed by atoms with E-state index >= 15 is 0 Å². The zero-order chi connectivity index (χ0) is 22.2. The summed E-state index contributed by atoms with van der Waals surface area (Å²) in [6.07, 6.45) is 0.175. The zero-order valence-corrected chi connectivity index (χ0v) is 18.6. The predicted molar refractivity (Wildman–Crippen MR) is 120 cm³/mol. The molecule has 1 aromatic heterocycles. The smallest absolute Gasteiger partial charge is 0.217 e. The quantitative estimate of drug-likeness (QED) is 0.528. The molecule has 0 fully saturated rings. The monoisotopic (exact) mass is 434 g/mol. The normalized spacial score (nSPS) is 19.0. The number of benzene rings is 2. The maximum atomic E-state index is 6.57. The van der Waals surface area contributed by atoms with Crippen molar-refractivity contribution < 1.29 is 23.4 Å². The van der Waals surface area contributed by atoms with E-state index in [1.54, 1.807) is 14.2 Å². The second-order valence-corrected chi connectivity index (χ2v) is 7.72. The zero-order valence-electron chi connectivity index (χ0n) is 18.6. The molecule has 7 nitrogen and oxygen atoms in total. The Labute approximate surface area is 187 Å². The molecule has 7 heteroatoms. The molecule has 2 aliphatic heterocycles. The van der Waals surface area contributed by atoms with Gasteiger partial charge in [-0.3, -0.25) is 0 Å². The Hall–Kier alpha value is -3.61. The molecule has 2 aromatic carbocycles. The van der Waals surface area contributed by atoms with Gasteiger partial charge in [0.05, 0.1) is 32.4 Å². The van der Waals surface area contributed by atoms with E-state index in [2.05, 4.69) is 6.07 Å². The van der Waals surface area contributed by atoms with Gasteiger partial charge in [0.1, 0.15) is 17.2 Å². The SMILES string of the molecule is CCOc1cccc2c1O[C@@H](c1cccc(OC)c1OC)N1N=C(c3ccc(C)o3)C[C@H]21. The topological polar surface area (TPSA) is 65.7 Å².